The minimum Gasteiger partial charge on any atom is -0.331 e. The Morgan fingerprint density at radius 1 is 0.933 bits per heavy atom. The average Bonchev–Trinajstić information content (AvgIpc) is 3.20. The first kappa shape index (κ1) is 17.2. The number of nitrogens with one attached hydrogen (secondary N) is 1. The number of imidazole rings is 1. The van der Waals surface area contributed by atoms with Crippen molar-refractivity contribution in [2.24, 2.45) is 4.99 Å². The molecule has 4 heterocycles. The Kier molecular flexibility index (Phi) is 3.99. The summed E-state index contributed by atoms with van der Waals surface area (Å²) < 4.78 is 2.27. The van der Waals surface area contributed by atoms with E-state index in [1.165, 1.54) is 5.56 Å². The highest BCUT2D eigenvalue weighted by atomic mass is 15.5. The SMILES string of the molecule is c1ccc([C@@H]2NC3=NCN(Cc4ccccn4)CN3c3nc4ccccc4n32)cc1. The molecule has 2 aliphatic heterocycles. The van der Waals surface area contributed by atoms with Crippen LogP contribution < -0.4 is 10.2 Å². The Labute approximate surface area is 174 Å². The van der Waals surface area contributed by atoms with Gasteiger partial charge in [-0.25, -0.2) is 9.98 Å². The normalized spacial score (nSPS) is 18.5. The van der Waals surface area contributed by atoms with Gasteiger partial charge in [-0.3, -0.25) is 19.4 Å². The summed E-state index contributed by atoms with van der Waals surface area (Å²) in [5, 5.41) is 3.65. The Morgan fingerprint density at radius 2 is 1.77 bits per heavy atom. The van der Waals surface area contributed by atoms with E-state index in [0.29, 0.717) is 13.3 Å². The maximum atomic E-state index is 4.98. The lowest BCUT2D eigenvalue weighted by Gasteiger charge is -2.41. The van der Waals surface area contributed by atoms with Crippen molar-refractivity contribution in [2.75, 3.05) is 18.2 Å². The second kappa shape index (κ2) is 6.96. The number of rotatable bonds is 3. The molecule has 0 radical (unpaired) electrons. The Morgan fingerprint density at radius 3 is 2.63 bits per heavy atom. The molecular weight excluding hydrogens is 374 g/mol. The summed E-state index contributed by atoms with van der Waals surface area (Å²) in [6.45, 7) is 2.07. The van der Waals surface area contributed by atoms with Crippen molar-refractivity contribution in [3.8, 4) is 0 Å². The average molecular weight is 395 g/mol. The van der Waals surface area contributed by atoms with Crippen molar-refractivity contribution in [1.82, 2.24) is 24.8 Å². The molecule has 30 heavy (non-hydrogen) atoms. The second-order valence-corrected chi connectivity index (χ2v) is 7.57. The molecule has 7 nitrogen and oxygen atoms in total. The largest absolute Gasteiger partial charge is 0.331 e. The van der Waals surface area contributed by atoms with Gasteiger partial charge in [-0.15, -0.1) is 0 Å². The molecule has 4 aromatic rings. The van der Waals surface area contributed by atoms with Crippen molar-refractivity contribution in [3.63, 3.8) is 0 Å². The zero-order chi connectivity index (χ0) is 19.9. The van der Waals surface area contributed by atoms with Crippen LogP contribution in [0.4, 0.5) is 5.95 Å². The number of anilines is 1. The first-order valence-corrected chi connectivity index (χ1v) is 10.1. The fourth-order valence-electron chi connectivity index (χ4n) is 4.20. The third kappa shape index (κ3) is 2.83. The number of para-hydroxylation sites is 2. The smallest absolute Gasteiger partial charge is 0.216 e. The van der Waals surface area contributed by atoms with Gasteiger partial charge < -0.3 is 5.32 Å². The Hall–Kier alpha value is -3.71. The molecule has 0 amide bonds. The van der Waals surface area contributed by atoms with Crippen LogP contribution in [0.15, 0.2) is 84.0 Å². The van der Waals surface area contributed by atoms with Gasteiger partial charge in [-0.2, -0.15) is 0 Å². The number of nitrogens with zero attached hydrogens (tertiary/aromatic N) is 6. The van der Waals surface area contributed by atoms with E-state index in [9.17, 15) is 0 Å². The monoisotopic (exact) mass is 395 g/mol. The summed E-state index contributed by atoms with van der Waals surface area (Å²) in [5.74, 6) is 1.78. The third-order valence-electron chi connectivity index (χ3n) is 5.59. The van der Waals surface area contributed by atoms with Gasteiger partial charge in [0.15, 0.2) is 0 Å². The lowest BCUT2D eigenvalue weighted by atomic mass is 10.1. The van der Waals surface area contributed by atoms with E-state index in [0.717, 1.165) is 35.2 Å². The van der Waals surface area contributed by atoms with Gasteiger partial charge in [0.2, 0.25) is 11.9 Å². The molecule has 6 rings (SSSR count). The van der Waals surface area contributed by atoms with E-state index in [4.69, 9.17) is 9.98 Å². The molecule has 0 spiro atoms. The predicted molar refractivity (Wildman–Crippen MR) is 117 cm³/mol. The zero-order valence-electron chi connectivity index (χ0n) is 16.4. The molecule has 2 aromatic heterocycles. The van der Waals surface area contributed by atoms with Crippen molar-refractivity contribution in [2.45, 2.75) is 12.7 Å². The van der Waals surface area contributed by atoms with Crippen LogP contribution in [0, 0.1) is 0 Å². The van der Waals surface area contributed by atoms with E-state index in [-0.39, 0.29) is 6.17 Å². The van der Waals surface area contributed by atoms with Gasteiger partial charge in [0, 0.05) is 12.7 Å². The number of pyridine rings is 1. The molecule has 0 fully saturated rings. The van der Waals surface area contributed by atoms with Crippen LogP contribution in [0.1, 0.15) is 17.4 Å². The number of aromatic nitrogens is 3. The van der Waals surface area contributed by atoms with Crippen molar-refractivity contribution in [1.29, 1.82) is 0 Å². The van der Waals surface area contributed by atoms with Crippen LogP contribution in [-0.2, 0) is 6.54 Å². The standard InChI is InChI=1S/C23H21N7/c1-2-8-17(9-3-1)21-27-22-25-15-28(14-18-10-6-7-13-24-18)16-29(22)23-26-19-11-4-5-12-20(19)30(21)23/h1-13,21H,14-16H2,(H,25,27)/t21-/m1/s1. The maximum absolute atomic E-state index is 4.98. The zero-order valence-corrected chi connectivity index (χ0v) is 16.4. The molecule has 2 aromatic carbocycles. The topological polar surface area (TPSA) is 61.6 Å². The number of guanidine groups is 1. The summed E-state index contributed by atoms with van der Waals surface area (Å²) in [5.41, 5.74) is 4.31. The van der Waals surface area contributed by atoms with Gasteiger partial charge in [-0.1, -0.05) is 48.5 Å². The van der Waals surface area contributed by atoms with Crippen molar-refractivity contribution >= 4 is 22.9 Å². The number of benzene rings is 2. The Balaban J connectivity index is 1.42. The molecule has 1 N–H and O–H groups in total. The number of aliphatic imine (C=N–C) groups is 1. The number of hydrogen-bond donors (Lipinski definition) is 1. The van der Waals surface area contributed by atoms with Crippen LogP contribution >= 0.6 is 0 Å². The van der Waals surface area contributed by atoms with E-state index < -0.39 is 0 Å². The van der Waals surface area contributed by atoms with E-state index >= 15 is 0 Å². The summed E-state index contributed by atoms with van der Waals surface area (Å²) >= 11 is 0. The van der Waals surface area contributed by atoms with Gasteiger partial charge in [0.05, 0.1) is 30.1 Å². The van der Waals surface area contributed by atoms with E-state index in [2.05, 4.69) is 67.1 Å². The van der Waals surface area contributed by atoms with Gasteiger partial charge >= 0.3 is 0 Å². The van der Waals surface area contributed by atoms with Gasteiger partial charge in [0.25, 0.3) is 0 Å². The maximum Gasteiger partial charge on any atom is 0.216 e. The quantitative estimate of drug-likeness (QED) is 0.577. The molecule has 0 saturated heterocycles. The highest BCUT2D eigenvalue weighted by molar-refractivity contribution is 5.98. The highest BCUT2D eigenvalue weighted by Crippen LogP contribution is 2.33. The molecule has 0 unspecified atom stereocenters. The van der Waals surface area contributed by atoms with Gasteiger partial charge in [0.1, 0.15) is 6.17 Å². The van der Waals surface area contributed by atoms with E-state index in [1.807, 2.05) is 36.5 Å². The van der Waals surface area contributed by atoms with Gasteiger partial charge in [-0.05, 0) is 29.8 Å². The fourth-order valence-corrected chi connectivity index (χ4v) is 4.20. The minimum atomic E-state index is -0.0501. The summed E-state index contributed by atoms with van der Waals surface area (Å²) in [6, 6.07) is 24.8. The van der Waals surface area contributed by atoms with Crippen LogP contribution in [0.2, 0.25) is 0 Å². The molecular formula is C23H21N7. The number of fused-ring (bicyclic) bond motifs is 5. The molecule has 0 saturated carbocycles. The highest BCUT2D eigenvalue weighted by Gasteiger charge is 2.35. The first-order valence-electron chi connectivity index (χ1n) is 10.1. The fraction of sp³-hybridized carbons (Fsp3) is 0.174. The van der Waals surface area contributed by atoms with Crippen LogP contribution in [0.5, 0.6) is 0 Å². The van der Waals surface area contributed by atoms with Crippen molar-refractivity contribution in [3.05, 3.63) is 90.3 Å². The number of hydrogen-bond acceptors (Lipinski definition) is 6. The van der Waals surface area contributed by atoms with Crippen LogP contribution in [0.25, 0.3) is 11.0 Å². The molecule has 148 valence electrons. The molecule has 1 atom stereocenters. The summed E-state index contributed by atoms with van der Waals surface area (Å²) in [4.78, 5) is 18.7. The molecule has 0 bridgehead atoms. The molecule has 2 aliphatic rings. The van der Waals surface area contributed by atoms with Crippen LogP contribution in [-0.4, -0.2) is 38.7 Å². The molecule has 0 aliphatic carbocycles. The van der Waals surface area contributed by atoms with E-state index in [1.54, 1.807) is 0 Å². The molecule has 7 heteroatoms. The summed E-state index contributed by atoms with van der Waals surface area (Å²) in [7, 11) is 0. The minimum absolute atomic E-state index is 0.0501. The first-order chi connectivity index (χ1) is 14.9. The second-order valence-electron chi connectivity index (χ2n) is 7.57. The summed E-state index contributed by atoms with van der Waals surface area (Å²) in [6.07, 6.45) is 1.78. The van der Waals surface area contributed by atoms with Crippen molar-refractivity contribution < 1.29 is 0 Å². The lowest BCUT2D eigenvalue weighted by Crippen LogP contribution is -2.57. The Bertz CT molecular complexity index is 1220. The lowest BCUT2D eigenvalue weighted by molar-refractivity contribution is 0.261. The predicted octanol–water partition coefficient (Wildman–Crippen LogP) is 3.17. The van der Waals surface area contributed by atoms with Crippen LogP contribution in [0.3, 0.4) is 0 Å². The third-order valence-corrected chi connectivity index (χ3v) is 5.59.